The maximum Gasteiger partial charge on any atom is 0.281 e. The fourth-order valence-corrected chi connectivity index (χ4v) is 3.48. The molecule has 1 aromatic heterocycles. The Morgan fingerprint density at radius 1 is 1.10 bits per heavy atom. The maximum atomic E-state index is 12.8. The quantitative estimate of drug-likeness (QED) is 0.253. The monoisotopic (exact) mass is 469 g/mol. The second kappa shape index (κ2) is 7.61. The van der Waals surface area contributed by atoms with Gasteiger partial charge in [-0.2, -0.15) is 0 Å². The van der Waals surface area contributed by atoms with Gasteiger partial charge in [0.25, 0.3) is 11.6 Å². The Hall–Kier alpha value is -3.30. The van der Waals surface area contributed by atoms with E-state index in [2.05, 4.69) is 21.2 Å². The molecule has 4 rings (SSSR count). The van der Waals surface area contributed by atoms with Crippen molar-refractivity contribution in [3.63, 3.8) is 0 Å². The molecule has 1 amide bonds. The summed E-state index contributed by atoms with van der Waals surface area (Å²) in [4.78, 5) is 24.9. The Balaban J connectivity index is 1.63. The third-order valence-corrected chi connectivity index (χ3v) is 5.06. The number of rotatable bonds is 4. The van der Waals surface area contributed by atoms with Gasteiger partial charge in [0.05, 0.1) is 16.2 Å². The van der Waals surface area contributed by atoms with Crippen molar-refractivity contribution >= 4 is 56.6 Å². The SMILES string of the molecule is O=C1C(=Cc2ccc(-c3ccccc3[N+](=O)[O-])o2)NC(=S)N1c1ccc(Br)cc1. The van der Waals surface area contributed by atoms with Crippen LogP contribution >= 0.6 is 28.1 Å². The van der Waals surface area contributed by atoms with Gasteiger partial charge in [-0.25, -0.2) is 0 Å². The minimum atomic E-state index is -0.466. The normalized spacial score (nSPS) is 15.1. The van der Waals surface area contributed by atoms with Gasteiger partial charge < -0.3 is 9.73 Å². The molecular formula is C20H12BrN3O4S. The molecule has 0 saturated carbocycles. The molecule has 1 aliphatic heterocycles. The molecule has 0 atom stereocenters. The standard InChI is InChI=1S/C20H12BrN3O4S/c21-12-5-7-13(8-6-12)23-19(25)16(22-20(23)29)11-14-9-10-18(28-14)15-3-1-2-4-17(15)24(26)27/h1-11H,(H,22,29). The smallest absolute Gasteiger partial charge is 0.281 e. The molecule has 29 heavy (non-hydrogen) atoms. The van der Waals surface area contributed by atoms with Gasteiger partial charge in [0.1, 0.15) is 17.2 Å². The lowest BCUT2D eigenvalue weighted by atomic mass is 10.1. The molecule has 1 aliphatic rings. The van der Waals surface area contributed by atoms with Crippen molar-refractivity contribution in [1.82, 2.24) is 5.32 Å². The van der Waals surface area contributed by atoms with Crippen LogP contribution in [0.3, 0.4) is 0 Å². The summed E-state index contributed by atoms with van der Waals surface area (Å²) < 4.78 is 6.61. The van der Waals surface area contributed by atoms with Crippen LogP contribution in [0.25, 0.3) is 17.4 Å². The number of anilines is 1. The van der Waals surface area contributed by atoms with Crippen LogP contribution in [0.2, 0.25) is 0 Å². The molecule has 2 aromatic carbocycles. The number of nitrogens with one attached hydrogen (secondary N) is 1. The van der Waals surface area contributed by atoms with Crippen LogP contribution < -0.4 is 10.2 Å². The van der Waals surface area contributed by atoms with Gasteiger partial charge in [-0.3, -0.25) is 19.8 Å². The van der Waals surface area contributed by atoms with Crippen LogP contribution in [0.5, 0.6) is 0 Å². The fraction of sp³-hybridized carbons (Fsp3) is 0. The van der Waals surface area contributed by atoms with E-state index in [9.17, 15) is 14.9 Å². The first-order valence-corrected chi connectivity index (χ1v) is 9.60. The first kappa shape index (κ1) is 19.0. The number of nitrogens with zero attached hydrogens (tertiary/aromatic N) is 2. The topological polar surface area (TPSA) is 88.6 Å². The third-order valence-electron chi connectivity index (χ3n) is 4.24. The summed E-state index contributed by atoms with van der Waals surface area (Å²) in [6.07, 6.45) is 1.52. The number of halogens is 1. The molecule has 1 saturated heterocycles. The van der Waals surface area contributed by atoms with Crippen molar-refractivity contribution in [3.05, 3.63) is 86.7 Å². The molecule has 0 bridgehead atoms. The van der Waals surface area contributed by atoms with E-state index in [0.717, 1.165) is 4.47 Å². The number of para-hydroxylation sites is 1. The van der Waals surface area contributed by atoms with Gasteiger partial charge >= 0.3 is 0 Å². The van der Waals surface area contributed by atoms with Crippen molar-refractivity contribution in [3.8, 4) is 11.3 Å². The number of carbonyl (C=O) groups is 1. The van der Waals surface area contributed by atoms with E-state index >= 15 is 0 Å². The molecule has 2 heterocycles. The predicted molar refractivity (Wildman–Crippen MR) is 116 cm³/mol. The van der Waals surface area contributed by atoms with Crippen LogP contribution in [0.1, 0.15) is 5.76 Å². The number of nitro groups is 1. The van der Waals surface area contributed by atoms with Crippen molar-refractivity contribution < 1.29 is 14.1 Å². The zero-order valence-corrected chi connectivity index (χ0v) is 17.1. The Bertz CT molecular complexity index is 1170. The van der Waals surface area contributed by atoms with Crippen LogP contribution in [0.15, 0.2) is 75.3 Å². The number of nitro benzene ring substituents is 1. The van der Waals surface area contributed by atoms with Gasteiger partial charge in [-0.1, -0.05) is 28.1 Å². The number of hydrogen-bond acceptors (Lipinski definition) is 5. The number of thiocarbonyl (C=S) groups is 1. The van der Waals surface area contributed by atoms with Crippen LogP contribution in [-0.4, -0.2) is 15.9 Å². The number of furan rings is 1. The van der Waals surface area contributed by atoms with Gasteiger partial charge in [-0.05, 0) is 54.7 Å². The largest absolute Gasteiger partial charge is 0.456 e. The predicted octanol–water partition coefficient (Wildman–Crippen LogP) is 4.88. The minimum Gasteiger partial charge on any atom is -0.456 e. The van der Waals surface area contributed by atoms with Crippen LogP contribution in [-0.2, 0) is 4.79 Å². The number of amides is 1. The summed E-state index contributed by atoms with van der Waals surface area (Å²) in [5, 5.41) is 14.4. The molecule has 7 nitrogen and oxygen atoms in total. The molecule has 0 radical (unpaired) electrons. The first-order chi connectivity index (χ1) is 13.9. The minimum absolute atomic E-state index is 0.0567. The molecule has 0 aliphatic carbocycles. The highest BCUT2D eigenvalue weighted by Crippen LogP contribution is 2.32. The van der Waals surface area contributed by atoms with E-state index in [1.807, 2.05) is 12.1 Å². The summed E-state index contributed by atoms with van der Waals surface area (Å²) in [7, 11) is 0. The van der Waals surface area contributed by atoms with E-state index in [0.29, 0.717) is 22.8 Å². The summed E-state index contributed by atoms with van der Waals surface area (Å²) >= 11 is 8.65. The molecule has 144 valence electrons. The van der Waals surface area contributed by atoms with Gasteiger partial charge in [-0.15, -0.1) is 0 Å². The average molecular weight is 470 g/mol. The zero-order valence-electron chi connectivity index (χ0n) is 14.7. The van der Waals surface area contributed by atoms with E-state index in [1.165, 1.54) is 17.0 Å². The number of carbonyl (C=O) groups excluding carboxylic acids is 1. The van der Waals surface area contributed by atoms with Crippen molar-refractivity contribution in [2.45, 2.75) is 0 Å². The summed E-state index contributed by atoms with van der Waals surface area (Å²) in [5.41, 5.74) is 1.19. The summed E-state index contributed by atoms with van der Waals surface area (Å²) in [6, 6.07) is 16.8. The Morgan fingerprint density at radius 2 is 1.83 bits per heavy atom. The van der Waals surface area contributed by atoms with Crippen molar-refractivity contribution in [1.29, 1.82) is 0 Å². The summed E-state index contributed by atoms with van der Waals surface area (Å²) in [6.45, 7) is 0. The lowest BCUT2D eigenvalue weighted by Gasteiger charge is -2.13. The van der Waals surface area contributed by atoms with Gasteiger partial charge in [0.15, 0.2) is 5.11 Å². The van der Waals surface area contributed by atoms with E-state index in [1.54, 1.807) is 42.5 Å². The first-order valence-electron chi connectivity index (χ1n) is 8.40. The number of hydrogen-bond donors (Lipinski definition) is 1. The molecule has 3 aromatic rings. The highest BCUT2D eigenvalue weighted by Gasteiger charge is 2.32. The summed E-state index contributed by atoms with van der Waals surface area (Å²) in [5.74, 6) is 0.386. The van der Waals surface area contributed by atoms with Gasteiger partial charge in [0.2, 0.25) is 0 Å². The average Bonchev–Trinajstić information content (AvgIpc) is 3.27. The molecule has 0 spiro atoms. The second-order valence-corrected chi connectivity index (χ2v) is 7.38. The Morgan fingerprint density at radius 3 is 2.55 bits per heavy atom. The molecular weight excluding hydrogens is 458 g/mol. The highest BCUT2D eigenvalue weighted by atomic mass is 79.9. The van der Waals surface area contributed by atoms with Crippen LogP contribution in [0, 0.1) is 10.1 Å². The highest BCUT2D eigenvalue weighted by molar-refractivity contribution is 9.10. The lowest BCUT2D eigenvalue weighted by Crippen LogP contribution is -2.30. The second-order valence-electron chi connectivity index (χ2n) is 6.08. The van der Waals surface area contributed by atoms with E-state index in [4.69, 9.17) is 16.6 Å². The lowest BCUT2D eigenvalue weighted by molar-refractivity contribution is -0.384. The Labute approximate surface area is 178 Å². The molecule has 1 N–H and O–H groups in total. The molecule has 1 fully saturated rings. The van der Waals surface area contributed by atoms with Crippen molar-refractivity contribution in [2.75, 3.05) is 4.90 Å². The molecule has 9 heteroatoms. The van der Waals surface area contributed by atoms with Gasteiger partial charge in [0, 0.05) is 16.6 Å². The molecule has 0 unspecified atom stereocenters. The zero-order chi connectivity index (χ0) is 20.5. The number of benzene rings is 2. The third kappa shape index (κ3) is 3.69. The Kier molecular flexibility index (Phi) is 4.99. The van der Waals surface area contributed by atoms with E-state index < -0.39 is 4.92 Å². The fourth-order valence-electron chi connectivity index (χ4n) is 2.92. The van der Waals surface area contributed by atoms with E-state index in [-0.39, 0.29) is 22.4 Å². The van der Waals surface area contributed by atoms with Crippen LogP contribution in [0.4, 0.5) is 11.4 Å². The maximum absolute atomic E-state index is 12.8. The van der Waals surface area contributed by atoms with Crippen molar-refractivity contribution in [2.24, 2.45) is 0 Å².